The Morgan fingerprint density at radius 3 is 1.71 bits per heavy atom. The first-order chi connectivity index (χ1) is 9.66. The zero-order valence-electron chi connectivity index (χ0n) is 15.0. The van der Waals surface area contributed by atoms with Gasteiger partial charge in [0.25, 0.3) is 0 Å². The van der Waals surface area contributed by atoms with Gasteiger partial charge in [-0.05, 0) is 6.42 Å². The van der Waals surface area contributed by atoms with Crippen LogP contribution in [0.3, 0.4) is 0 Å². The summed E-state index contributed by atoms with van der Waals surface area (Å²) in [5.41, 5.74) is 0. The second-order valence-corrected chi connectivity index (χ2v) is 5.46. The van der Waals surface area contributed by atoms with Gasteiger partial charge in [0.1, 0.15) is 6.54 Å². The first-order valence-electron chi connectivity index (χ1n) is 8.15. The zero-order chi connectivity index (χ0) is 15.1. The average Bonchev–Trinajstić information content (AvgIpc) is 2.42. The second-order valence-electron chi connectivity index (χ2n) is 5.46. The van der Waals surface area contributed by atoms with Crippen molar-refractivity contribution in [1.29, 1.82) is 0 Å². The number of nitrogens with one attached hydrogen (secondary N) is 1. The summed E-state index contributed by atoms with van der Waals surface area (Å²) >= 11 is 0. The Morgan fingerprint density at radius 2 is 1.29 bits per heavy atom. The van der Waals surface area contributed by atoms with Gasteiger partial charge in [0.2, 0.25) is 5.91 Å². The van der Waals surface area contributed by atoms with Gasteiger partial charge in [0, 0.05) is 6.42 Å². The quantitative estimate of drug-likeness (QED) is 0.370. The van der Waals surface area contributed by atoms with E-state index in [0.29, 0.717) is 6.42 Å². The van der Waals surface area contributed by atoms with E-state index in [1.54, 1.807) is 0 Å². The van der Waals surface area contributed by atoms with Crippen LogP contribution in [0.1, 0.15) is 85.4 Å². The van der Waals surface area contributed by atoms with Crippen molar-refractivity contribution in [2.75, 3.05) is 6.54 Å². The molecule has 120 valence electrons. The predicted molar refractivity (Wildman–Crippen MR) is 82.8 cm³/mol. The molecule has 0 rings (SSSR count). The third-order valence-electron chi connectivity index (χ3n) is 3.44. The molecule has 0 radical (unpaired) electrons. The van der Waals surface area contributed by atoms with Gasteiger partial charge in [-0.2, -0.15) is 0 Å². The number of amides is 1. The molecular weight excluding hydrogens is 293 g/mol. The van der Waals surface area contributed by atoms with Gasteiger partial charge in [-0.15, -0.1) is 0 Å². The summed E-state index contributed by atoms with van der Waals surface area (Å²) < 4.78 is 0. The van der Waals surface area contributed by atoms with Crippen LogP contribution in [0.2, 0.25) is 0 Å². The minimum absolute atomic E-state index is 0. The van der Waals surface area contributed by atoms with Crippen molar-refractivity contribution in [3.05, 3.63) is 0 Å². The number of hydrogen-bond donors (Lipinski definition) is 2. The number of carbonyl (C=O) groups is 2. The Morgan fingerprint density at radius 1 is 0.857 bits per heavy atom. The van der Waals surface area contributed by atoms with Crippen molar-refractivity contribution in [1.82, 2.24) is 5.32 Å². The third-order valence-corrected chi connectivity index (χ3v) is 3.44. The molecule has 0 aliphatic carbocycles. The first kappa shape index (κ1) is 23.8. The van der Waals surface area contributed by atoms with E-state index in [4.69, 9.17) is 5.11 Å². The van der Waals surface area contributed by atoms with Crippen LogP contribution < -0.4 is 56.7 Å². The Kier molecular flexibility index (Phi) is 21.1. The molecular formula is C16H32KNO3. The van der Waals surface area contributed by atoms with Gasteiger partial charge >= 0.3 is 57.4 Å². The molecule has 1 amide bonds. The van der Waals surface area contributed by atoms with Crippen molar-refractivity contribution in [2.45, 2.75) is 84.0 Å². The van der Waals surface area contributed by atoms with Crippen molar-refractivity contribution >= 4 is 11.9 Å². The van der Waals surface area contributed by atoms with Crippen LogP contribution in [0.15, 0.2) is 0 Å². The van der Waals surface area contributed by atoms with Crippen molar-refractivity contribution in [2.24, 2.45) is 0 Å². The molecule has 0 atom stereocenters. The van der Waals surface area contributed by atoms with Gasteiger partial charge in [0.15, 0.2) is 0 Å². The number of hydrogen-bond acceptors (Lipinski definition) is 2. The maximum Gasteiger partial charge on any atom is 1.00 e. The number of aliphatic carboxylic acids is 1. The number of carboxylic acid groups (broad SMARTS) is 1. The number of carboxylic acids is 1. The van der Waals surface area contributed by atoms with E-state index in [0.717, 1.165) is 12.8 Å². The maximum atomic E-state index is 11.2. The van der Waals surface area contributed by atoms with Crippen LogP contribution in [0, 0.1) is 0 Å². The largest absolute Gasteiger partial charge is 1.00 e. The summed E-state index contributed by atoms with van der Waals surface area (Å²) in [6.07, 6.45) is 14.2. The van der Waals surface area contributed by atoms with Crippen molar-refractivity contribution in [3.8, 4) is 0 Å². The molecule has 21 heavy (non-hydrogen) atoms. The summed E-state index contributed by atoms with van der Waals surface area (Å²) in [5.74, 6) is -1.14. The predicted octanol–water partition coefficient (Wildman–Crippen LogP) is 1.00. The van der Waals surface area contributed by atoms with Crippen LogP contribution in [-0.4, -0.2) is 23.5 Å². The third kappa shape index (κ3) is 20.6. The molecule has 0 aromatic rings. The van der Waals surface area contributed by atoms with E-state index >= 15 is 0 Å². The molecule has 0 aromatic heterocycles. The fourth-order valence-electron chi connectivity index (χ4n) is 2.21. The maximum absolute atomic E-state index is 11.2. The van der Waals surface area contributed by atoms with Crippen LogP contribution in [-0.2, 0) is 9.59 Å². The molecule has 0 heterocycles. The molecule has 0 unspecified atom stereocenters. The number of unbranched alkanes of at least 4 members (excludes halogenated alkanes) is 10. The molecule has 0 bridgehead atoms. The fraction of sp³-hybridized carbons (Fsp3) is 0.875. The standard InChI is InChI=1S/C16H31NO3.K.H/c1-2-3-4-5-6-7-8-9-10-11-12-13-15(18)17-14-16(19)20;;/h2-14H2,1H3,(H,17,18)(H,19,20);;/q;+1;-1. The zero-order valence-corrected chi connectivity index (χ0v) is 17.1. The molecule has 0 fully saturated rings. The molecule has 0 aromatic carbocycles. The number of carbonyl (C=O) groups excluding carboxylic acids is 1. The molecule has 5 heteroatoms. The summed E-state index contributed by atoms with van der Waals surface area (Å²) in [6, 6.07) is 0. The molecule has 0 spiro atoms. The van der Waals surface area contributed by atoms with Gasteiger partial charge in [-0.3, -0.25) is 9.59 Å². The van der Waals surface area contributed by atoms with E-state index in [9.17, 15) is 9.59 Å². The van der Waals surface area contributed by atoms with Gasteiger partial charge in [-0.1, -0.05) is 71.1 Å². The summed E-state index contributed by atoms with van der Waals surface area (Å²) in [6.45, 7) is 1.97. The van der Waals surface area contributed by atoms with E-state index in [-0.39, 0.29) is 65.3 Å². The van der Waals surface area contributed by atoms with E-state index in [1.807, 2.05) is 0 Å². The van der Waals surface area contributed by atoms with Crippen LogP contribution in [0.5, 0.6) is 0 Å². The monoisotopic (exact) mass is 325 g/mol. The summed E-state index contributed by atoms with van der Waals surface area (Å²) in [7, 11) is 0. The molecule has 0 saturated heterocycles. The SMILES string of the molecule is CCCCCCCCCCCCCC(=O)NCC(=O)O.[H-].[K+]. The van der Waals surface area contributed by atoms with Gasteiger partial charge in [0.05, 0.1) is 0 Å². The normalized spacial score (nSPS) is 9.95. The van der Waals surface area contributed by atoms with Crippen LogP contribution in [0.25, 0.3) is 0 Å². The van der Waals surface area contributed by atoms with Crippen LogP contribution in [0.4, 0.5) is 0 Å². The first-order valence-corrected chi connectivity index (χ1v) is 8.15. The van der Waals surface area contributed by atoms with E-state index in [1.165, 1.54) is 57.8 Å². The Balaban J connectivity index is -0.00000180. The molecule has 4 nitrogen and oxygen atoms in total. The molecule has 0 aliphatic rings. The molecule has 2 N–H and O–H groups in total. The molecule has 0 saturated carbocycles. The van der Waals surface area contributed by atoms with Crippen molar-refractivity contribution < 1.29 is 67.5 Å². The minimum Gasteiger partial charge on any atom is -1.00 e. The van der Waals surface area contributed by atoms with Crippen LogP contribution >= 0.6 is 0 Å². The smallest absolute Gasteiger partial charge is 1.00 e. The summed E-state index contributed by atoms with van der Waals surface area (Å²) in [4.78, 5) is 21.5. The second kappa shape index (κ2) is 18.6. The van der Waals surface area contributed by atoms with Gasteiger partial charge in [-0.25, -0.2) is 0 Å². The van der Waals surface area contributed by atoms with E-state index in [2.05, 4.69) is 12.2 Å². The Bertz CT molecular complexity index is 266. The Labute approximate surface area is 173 Å². The molecule has 0 aliphatic heterocycles. The van der Waals surface area contributed by atoms with Crippen molar-refractivity contribution in [3.63, 3.8) is 0 Å². The van der Waals surface area contributed by atoms with Gasteiger partial charge < -0.3 is 11.8 Å². The van der Waals surface area contributed by atoms with E-state index < -0.39 is 5.97 Å². The number of rotatable bonds is 14. The Hall–Kier alpha value is 0.576. The minimum atomic E-state index is -0.989. The average molecular weight is 326 g/mol. The fourth-order valence-corrected chi connectivity index (χ4v) is 2.21. The topological polar surface area (TPSA) is 66.4 Å². The summed E-state index contributed by atoms with van der Waals surface area (Å²) in [5, 5.41) is 10.8.